The molecule has 0 bridgehead atoms. The molecule has 0 radical (unpaired) electrons. The first-order valence-electron chi connectivity index (χ1n) is 10.3. The number of para-hydroxylation sites is 1. The van der Waals surface area contributed by atoms with Crippen molar-refractivity contribution in [2.24, 2.45) is 5.92 Å². The molecular formula is C24H27N3O3. The Balaban J connectivity index is 1.47. The van der Waals surface area contributed by atoms with Gasteiger partial charge in [-0.15, -0.1) is 0 Å². The molecule has 156 valence electrons. The number of rotatable bonds is 6. The molecule has 1 amide bonds. The number of anilines is 2. The van der Waals surface area contributed by atoms with Gasteiger partial charge in [0, 0.05) is 30.2 Å². The quantitative estimate of drug-likeness (QED) is 0.654. The molecule has 1 N–H and O–H groups in total. The summed E-state index contributed by atoms with van der Waals surface area (Å²) in [4.78, 5) is 19.6. The third-order valence-electron chi connectivity index (χ3n) is 5.36. The maximum atomic E-state index is 12.4. The van der Waals surface area contributed by atoms with Crippen LogP contribution < -0.4 is 19.7 Å². The lowest BCUT2D eigenvalue weighted by Gasteiger charge is -2.32. The molecule has 2 aromatic carbocycles. The molecule has 6 heteroatoms. The number of piperidine rings is 1. The number of nitrogens with zero attached hydrogens (tertiary/aromatic N) is 2. The molecule has 1 aromatic heterocycles. The van der Waals surface area contributed by atoms with Crippen LogP contribution in [0, 0.1) is 5.92 Å². The van der Waals surface area contributed by atoms with Crippen molar-refractivity contribution in [1.82, 2.24) is 4.98 Å². The number of methoxy groups -OCH3 is 1. The number of hydrogen-bond acceptors (Lipinski definition) is 5. The number of nitrogens with one attached hydrogen (secondary N) is 1. The van der Waals surface area contributed by atoms with Crippen molar-refractivity contribution in [3.63, 3.8) is 0 Å². The van der Waals surface area contributed by atoms with Gasteiger partial charge in [0.15, 0.2) is 6.61 Å². The average molecular weight is 405 g/mol. The van der Waals surface area contributed by atoms with E-state index in [9.17, 15) is 4.79 Å². The SMILES string of the molecule is COc1cccc(NC(=O)COc2cccc3ccc(N4CCC[C@@H](C)C4)nc23)c1. The van der Waals surface area contributed by atoms with E-state index in [0.717, 1.165) is 29.8 Å². The fourth-order valence-electron chi connectivity index (χ4n) is 3.84. The normalized spacial score (nSPS) is 16.3. The first-order chi connectivity index (χ1) is 14.6. The topological polar surface area (TPSA) is 63.7 Å². The van der Waals surface area contributed by atoms with Crippen molar-refractivity contribution in [2.45, 2.75) is 19.8 Å². The molecule has 3 aromatic rings. The minimum atomic E-state index is -0.235. The fraction of sp³-hybridized carbons (Fsp3) is 0.333. The molecule has 6 nitrogen and oxygen atoms in total. The lowest BCUT2D eigenvalue weighted by molar-refractivity contribution is -0.118. The average Bonchev–Trinajstić information content (AvgIpc) is 2.77. The molecule has 1 atom stereocenters. The van der Waals surface area contributed by atoms with Crippen molar-refractivity contribution in [2.75, 3.05) is 37.0 Å². The van der Waals surface area contributed by atoms with Crippen molar-refractivity contribution >= 4 is 28.3 Å². The standard InChI is InChI=1S/C24H27N3O3/c1-17-6-5-13-27(15-17)22-12-11-18-7-3-10-21(24(18)26-22)30-16-23(28)25-19-8-4-9-20(14-19)29-2/h3-4,7-12,14,17H,5-6,13,15-16H2,1-2H3,(H,25,28)/t17-/m1/s1. The Kier molecular flexibility index (Phi) is 6.02. The Labute approximate surface area is 176 Å². The highest BCUT2D eigenvalue weighted by Gasteiger charge is 2.18. The summed E-state index contributed by atoms with van der Waals surface area (Å²) in [5.41, 5.74) is 1.45. The van der Waals surface area contributed by atoms with Crippen molar-refractivity contribution in [3.05, 3.63) is 54.6 Å². The minimum Gasteiger partial charge on any atom is -0.497 e. The highest BCUT2D eigenvalue weighted by molar-refractivity contribution is 5.92. The van der Waals surface area contributed by atoms with Crippen LogP contribution in [0.4, 0.5) is 11.5 Å². The molecule has 1 saturated heterocycles. The largest absolute Gasteiger partial charge is 0.497 e. The zero-order chi connectivity index (χ0) is 20.9. The molecule has 2 heterocycles. The maximum Gasteiger partial charge on any atom is 0.262 e. The van der Waals surface area contributed by atoms with Gasteiger partial charge in [-0.2, -0.15) is 0 Å². The summed E-state index contributed by atoms with van der Waals surface area (Å²) < 4.78 is 11.0. The van der Waals surface area contributed by atoms with E-state index < -0.39 is 0 Å². The summed E-state index contributed by atoms with van der Waals surface area (Å²) in [5.74, 6) is 2.70. The molecule has 0 spiro atoms. The molecule has 0 unspecified atom stereocenters. The van der Waals surface area contributed by atoms with Gasteiger partial charge in [0.2, 0.25) is 0 Å². The summed E-state index contributed by atoms with van der Waals surface area (Å²) in [6, 6.07) is 17.2. The number of carbonyl (C=O) groups is 1. The molecule has 30 heavy (non-hydrogen) atoms. The van der Waals surface area contributed by atoms with Crippen LogP contribution in [-0.4, -0.2) is 37.7 Å². The zero-order valence-electron chi connectivity index (χ0n) is 17.4. The number of hydrogen-bond donors (Lipinski definition) is 1. The first kappa shape index (κ1) is 20.0. The van der Waals surface area contributed by atoms with Crippen molar-refractivity contribution in [1.29, 1.82) is 0 Å². The summed E-state index contributed by atoms with van der Waals surface area (Å²) in [7, 11) is 1.59. The molecule has 4 rings (SSSR count). The number of aromatic nitrogens is 1. The smallest absolute Gasteiger partial charge is 0.262 e. The van der Waals surface area contributed by atoms with E-state index in [1.54, 1.807) is 13.2 Å². The van der Waals surface area contributed by atoms with Crippen LogP contribution in [0.1, 0.15) is 19.8 Å². The molecule has 1 aliphatic heterocycles. The van der Waals surface area contributed by atoms with Gasteiger partial charge in [0.1, 0.15) is 22.8 Å². The van der Waals surface area contributed by atoms with Gasteiger partial charge >= 0.3 is 0 Å². The van der Waals surface area contributed by atoms with Crippen LogP contribution in [0.25, 0.3) is 10.9 Å². The molecule has 0 saturated carbocycles. The third-order valence-corrected chi connectivity index (χ3v) is 5.36. The van der Waals surface area contributed by atoms with Gasteiger partial charge in [0.25, 0.3) is 5.91 Å². The summed E-state index contributed by atoms with van der Waals surface area (Å²) in [6.07, 6.45) is 2.45. The monoisotopic (exact) mass is 405 g/mol. The van der Waals surface area contributed by atoms with Crippen LogP contribution in [0.3, 0.4) is 0 Å². The van der Waals surface area contributed by atoms with E-state index in [-0.39, 0.29) is 12.5 Å². The van der Waals surface area contributed by atoms with Gasteiger partial charge in [-0.05, 0) is 49.1 Å². The number of amides is 1. The van der Waals surface area contributed by atoms with Gasteiger partial charge in [0.05, 0.1) is 7.11 Å². The van der Waals surface area contributed by atoms with Crippen molar-refractivity contribution in [3.8, 4) is 11.5 Å². The second-order valence-electron chi connectivity index (χ2n) is 7.76. The number of pyridine rings is 1. The molecular weight excluding hydrogens is 378 g/mol. The van der Waals surface area contributed by atoms with Crippen LogP contribution >= 0.6 is 0 Å². The minimum absolute atomic E-state index is 0.0943. The Morgan fingerprint density at radius 2 is 2.07 bits per heavy atom. The highest BCUT2D eigenvalue weighted by Crippen LogP contribution is 2.28. The first-order valence-corrected chi connectivity index (χ1v) is 10.3. The fourth-order valence-corrected chi connectivity index (χ4v) is 3.84. The number of fused-ring (bicyclic) bond motifs is 1. The lowest BCUT2D eigenvalue weighted by atomic mass is 10.0. The van der Waals surface area contributed by atoms with E-state index in [1.807, 2.05) is 36.4 Å². The van der Waals surface area contributed by atoms with Gasteiger partial charge < -0.3 is 19.7 Å². The van der Waals surface area contributed by atoms with E-state index in [2.05, 4.69) is 29.3 Å². The van der Waals surface area contributed by atoms with E-state index in [1.165, 1.54) is 12.8 Å². The third kappa shape index (κ3) is 4.64. The Morgan fingerprint density at radius 3 is 2.90 bits per heavy atom. The number of ether oxygens (including phenoxy) is 2. The molecule has 1 fully saturated rings. The molecule has 1 aliphatic rings. The van der Waals surface area contributed by atoms with Crippen LogP contribution in [0.2, 0.25) is 0 Å². The lowest BCUT2D eigenvalue weighted by Crippen LogP contribution is -2.34. The second-order valence-corrected chi connectivity index (χ2v) is 7.76. The van der Waals surface area contributed by atoms with E-state index >= 15 is 0 Å². The van der Waals surface area contributed by atoms with Gasteiger partial charge in [-0.25, -0.2) is 4.98 Å². The predicted octanol–water partition coefficient (Wildman–Crippen LogP) is 4.50. The molecule has 0 aliphatic carbocycles. The van der Waals surface area contributed by atoms with Crippen LogP contribution in [0.5, 0.6) is 11.5 Å². The van der Waals surface area contributed by atoms with Gasteiger partial charge in [-0.1, -0.05) is 25.1 Å². The summed E-state index contributed by atoms with van der Waals surface area (Å²) in [6.45, 7) is 4.23. The Hall–Kier alpha value is -3.28. The second kappa shape index (κ2) is 9.03. The van der Waals surface area contributed by atoms with Crippen LogP contribution in [-0.2, 0) is 4.79 Å². The zero-order valence-corrected chi connectivity index (χ0v) is 17.4. The highest BCUT2D eigenvalue weighted by atomic mass is 16.5. The van der Waals surface area contributed by atoms with Crippen molar-refractivity contribution < 1.29 is 14.3 Å². The van der Waals surface area contributed by atoms with E-state index in [4.69, 9.17) is 14.5 Å². The Bertz CT molecular complexity index is 1040. The summed E-state index contributed by atoms with van der Waals surface area (Å²) in [5, 5.41) is 3.83. The predicted molar refractivity (Wildman–Crippen MR) is 119 cm³/mol. The van der Waals surface area contributed by atoms with E-state index in [0.29, 0.717) is 23.1 Å². The van der Waals surface area contributed by atoms with Gasteiger partial charge in [-0.3, -0.25) is 4.79 Å². The Morgan fingerprint density at radius 1 is 1.20 bits per heavy atom. The maximum absolute atomic E-state index is 12.4. The number of benzene rings is 2. The summed E-state index contributed by atoms with van der Waals surface area (Å²) >= 11 is 0. The van der Waals surface area contributed by atoms with Crippen LogP contribution in [0.15, 0.2) is 54.6 Å². The number of carbonyl (C=O) groups excluding carboxylic acids is 1.